The lowest BCUT2D eigenvalue weighted by Crippen LogP contribution is -2.04. The molecule has 0 atom stereocenters. The number of hydrogen-bond acceptors (Lipinski definition) is 4. The van der Waals surface area contributed by atoms with E-state index in [4.69, 9.17) is 0 Å². The van der Waals surface area contributed by atoms with E-state index >= 15 is 0 Å². The predicted octanol–water partition coefficient (Wildman–Crippen LogP) is 2.49. The van der Waals surface area contributed by atoms with Gasteiger partial charge in [0.05, 0.1) is 15.5 Å². The van der Waals surface area contributed by atoms with Crippen LogP contribution in [0.15, 0.2) is 82.6 Å². The fourth-order valence-corrected chi connectivity index (χ4v) is 3.99. The highest BCUT2D eigenvalue weighted by Gasteiger charge is 2.12. The van der Waals surface area contributed by atoms with Gasteiger partial charge in [0, 0.05) is 0 Å². The molecule has 0 heterocycles. The molecule has 0 fully saturated rings. The van der Waals surface area contributed by atoms with Crippen LogP contribution in [0.2, 0.25) is 0 Å². The number of allylic oxidation sites excluding steroid dienone is 1. The molecule has 0 spiro atoms. The molecule has 2 aromatic rings. The highest BCUT2D eigenvalue weighted by atomic mass is 32.2. The Kier molecular flexibility index (Phi) is 5.96. The van der Waals surface area contributed by atoms with Crippen LogP contribution in [-0.2, 0) is 19.7 Å². The first-order valence-corrected chi connectivity index (χ1v) is 10.4. The Labute approximate surface area is 142 Å². The van der Waals surface area contributed by atoms with Crippen molar-refractivity contribution >= 4 is 19.7 Å². The van der Waals surface area contributed by atoms with Gasteiger partial charge >= 0.3 is 0 Å². The summed E-state index contributed by atoms with van der Waals surface area (Å²) in [7, 11) is -6.84. The zero-order chi connectivity index (χ0) is 17.5. The first kappa shape index (κ1) is 18.0. The summed E-state index contributed by atoms with van der Waals surface area (Å²) in [6, 6.07) is 16.2. The minimum atomic E-state index is -3.44. The summed E-state index contributed by atoms with van der Waals surface area (Å²) in [6.07, 6.45) is 2.77. The van der Waals surface area contributed by atoms with Crippen molar-refractivity contribution in [3.05, 3.63) is 72.8 Å². The Morgan fingerprint density at radius 3 is 1.79 bits per heavy atom. The largest absolute Gasteiger partial charge is 0.223 e. The first-order chi connectivity index (χ1) is 11.4. The zero-order valence-corrected chi connectivity index (χ0v) is 14.4. The third-order valence-corrected chi connectivity index (χ3v) is 6.22. The quantitative estimate of drug-likeness (QED) is 0.768. The lowest BCUT2D eigenvalue weighted by Gasteiger charge is -1.99. The molecule has 4 nitrogen and oxygen atoms in total. The molecule has 0 amide bonds. The van der Waals surface area contributed by atoms with Gasteiger partial charge in [-0.1, -0.05) is 54.3 Å². The van der Waals surface area contributed by atoms with E-state index in [-0.39, 0.29) is 21.3 Å². The maximum atomic E-state index is 12.0. The van der Waals surface area contributed by atoms with E-state index in [1.807, 2.05) is 0 Å². The summed E-state index contributed by atoms with van der Waals surface area (Å²) < 4.78 is 48.0. The van der Waals surface area contributed by atoms with Gasteiger partial charge in [-0.25, -0.2) is 16.8 Å². The topological polar surface area (TPSA) is 68.3 Å². The monoisotopic (exact) mass is 360 g/mol. The van der Waals surface area contributed by atoms with E-state index in [2.05, 4.69) is 11.8 Å². The number of benzene rings is 2. The number of rotatable bonds is 5. The Hall–Kier alpha value is -2.36. The second-order valence-corrected chi connectivity index (χ2v) is 8.91. The van der Waals surface area contributed by atoms with Gasteiger partial charge in [0.2, 0.25) is 0 Å². The van der Waals surface area contributed by atoms with Crippen molar-refractivity contribution in [2.45, 2.75) is 9.79 Å². The molecular weight excluding hydrogens is 344 g/mol. The van der Waals surface area contributed by atoms with Gasteiger partial charge in [-0.05, 0) is 30.3 Å². The SMILES string of the molecule is O=S(=O)(CC#CC=CCS(=O)(=O)c1ccccc1)c1ccccc1. The van der Waals surface area contributed by atoms with Crippen LogP contribution in [0.25, 0.3) is 0 Å². The molecular formula is C18H16O4S2. The van der Waals surface area contributed by atoms with Crippen LogP contribution in [0.5, 0.6) is 0 Å². The van der Waals surface area contributed by atoms with E-state index in [9.17, 15) is 16.8 Å². The molecule has 0 N–H and O–H groups in total. The average Bonchev–Trinajstić information content (AvgIpc) is 2.59. The van der Waals surface area contributed by atoms with Gasteiger partial charge in [0.1, 0.15) is 5.75 Å². The van der Waals surface area contributed by atoms with Crippen LogP contribution >= 0.6 is 0 Å². The van der Waals surface area contributed by atoms with Crippen molar-refractivity contribution < 1.29 is 16.8 Å². The minimum Gasteiger partial charge on any atom is -0.223 e. The van der Waals surface area contributed by atoms with Gasteiger partial charge in [-0.15, -0.1) is 0 Å². The molecule has 2 rings (SSSR count). The van der Waals surface area contributed by atoms with E-state index < -0.39 is 19.7 Å². The molecule has 2 aromatic carbocycles. The summed E-state index contributed by atoms with van der Waals surface area (Å²) in [6.45, 7) is 0. The van der Waals surface area contributed by atoms with Crippen molar-refractivity contribution in [1.82, 2.24) is 0 Å². The van der Waals surface area contributed by atoms with E-state index in [1.54, 1.807) is 36.4 Å². The Bertz CT molecular complexity index is 964. The Morgan fingerprint density at radius 1 is 0.750 bits per heavy atom. The van der Waals surface area contributed by atoms with E-state index in [1.165, 1.54) is 36.4 Å². The third-order valence-electron chi connectivity index (χ3n) is 3.09. The average molecular weight is 360 g/mol. The smallest absolute Gasteiger partial charge is 0.189 e. The van der Waals surface area contributed by atoms with Gasteiger partial charge < -0.3 is 0 Å². The standard InChI is InChI=1S/C18H16O4S2/c19-23(20,17-11-5-3-6-12-17)15-9-1-2-10-16-24(21,22)18-13-7-4-8-14-18/h1,3-9,11-14H,15-16H2. The Balaban J connectivity index is 1.95. The van der Waals surface area contributed by atoms with Crippen LogP contribution in [-0.4, -0.2) is 28.3 Å². The maximum absolute atomic E-state index is 12.0. The molecule has 24 heavy (non-hydrogen) atoms. The highest BCUT2D eigenvalue weighted by molar-refractivity contribution is 7.91. The molecule has 0 aliphatic rings. The van der Waals surface area contributed by atoms with Crippen molar-refractivity contribution in [2.24, 2.45) is 0 Å². The molecule has 0 aromatic heterocycles. The van der Waals surface area contributed by atoms with Gasteiger partial charge in [0.25, 0.3) is 0 Å². The third kappa shape index (κ3) is 5.08. The van der Waals surface area contributed by atoms with Crippen molar-refractivity contribution in [3.63, 3.8) is 0 Å². The second kappa shape index (κ2) is 7.95. The summed E-state index contributed by atoms with van der Waals surface area (Å²) in [5.41, 5.74) is 0. The highest BCUT2D eigenvalue weighted by Crippen LogP contribution is 2.10. The predicted molar refractivity (Wildman–Crippen MR) is 93.9 cm³/mol. The first-order valence-electron chi connectivity index (χ1n) is 7.11. The summed E-state index contributed by atoms with van der Waals surface area (Å²) >= 11 is 0. The fraction of sp³-hybridized carbons (Fsp3) is 0.111. The molecule has 0 saturated heterocycles. The lowest BCUT2D eigenvalue weighted by atomic mass is 10.4. The molecule has 124 valence electrons. The van der Waals surface area contributed by atoms with Gasteiger partial charge in [-0.2, -0.15) is 0 Å². The second-order valence-electron chi connectivity index (χ2n) is 4.89. The molecule has 0 saturated carbocycles. The normalized spacial score (nSPS) is 11.8. The molecule has 0 radical (unpaired) electrons. The summed E-state index contributed by atoms with van der Waals surface area (Å²) in [5, 5.41) is 0. The van der Waals surface area contributed by atoms with Crippen LogP contribution in [0.4, 0.5) is 0 Å². The minimum absolute atomic E-state index is 0.183. The number of sulfone groups is 2. The van der Waals surface area contributed by atoms with Crippen LogP contribution in [0.1, 0.15) is 0 Å². The Morgan fingerprint density at radius 2 is 1.25 bits per heavy atom. The fourth-order valence-electron chi connectivity index (χ4n) is 1.86. The van der Waals surface area contributed by atoms with Crippen molar-refractivity contribution in [1.29, 1.82) is 0 Å². The summed E-state index contributed by atoms with van der Waals surface area (Å²) in [4.78, 5) is 0.462. The lowest BCUT2D eigenvalue weighted by molar-refractivity contribution is 0.597. The summed E-state index contributed by atoms with van der Waals surface area (Å²) in [5.74, 6) is 4.60. The van der Waals surface area contributed by atoms with Crippen LogP contribution in [0, 0.1) is 11.8 Å². The molecule has 6 heteroatoms. The molecule has 0 unspecified atom stereocenters. The van der Waals surface area contributed by atoms with Gasteiger partial charge in [-0.3, -0.25) is 0 Å². The molecule has 0 aliphatic heterocycles. The maximum Gasteiger partial charge on any atom is 0.189 e. The zero-order valence-electron chi connectivity index (χ0n) is 12.8. The molecule has 0 aliphatic carbocycles. The van der Waals surface area contributed by atoms with Crippen molar-refractivity contribution in [2.75, 3.05) is 11.5 Å². The molecule has 0 bridgehead atoms. The van der Waals surface area contributed by atoms with Crippen LogP contribution in [0.3, 0.4) is 0 Å². The van der Waals surface area contributed by atoms with E-state index in [0.29, 0.717) is 0 Å². The van der Waals surface area contributed by atoms with Gasteiger partial charge in [0.15, 0.2) is 19.7 Å². The van der Waals surface area contributed by atoms with E-state index in [0.717, 1.165) is 0 Å². The number of hydrogen-bond donors (Lipinski definition) is 0. The van der Waals surface area contributed by atoms with Crippen molar-refractivity contribution in [3.8, 4) is 11.8 Å². The van der Waals surface area contributed by atoms with Crippen LogP contribution < -0.4 is 0 Å².